The molecule has 0 fully saturated rings. The molecule has 1 N–H and O–H groups in total. The van der Waals surface area contributed by atoms with Crippen LogP contribution in [0, 0.1) is 0 Å². The molecule has 19 heavy (non-hydrogen) atoms. The predicted octanol–water partition coefficient (Wildman–Crippen LogP) is 3.56. The molecule has 106 valence electrons. The van der Waals surface area contributed by atoms with Crippen molar-refractivity contribution in [2.24, 2.45) is 0 Å². The molecule has 0 spiro atoms. The summed E-state index contributed by atoms with van der Waals surface area (Å²) in [5, 5.41) is 3.54. The number of carbonyl (C=O) groups is 1. The molecule has 0 atom stereocenters. The third kappa shape index (κ3) is 5.51. The van der Waals surface area contributed by atoms with E-state index in [0.29, 0.717) is 17.1 Å². The number of halogens is 2. The zero-order valence-corrected chi connectivity index (χ0v) is 13.7. The molecule has 5 heteroatoms. The second kappa shape index (κ2) is 8.56. The molecule has 0 radical (unpaired) electrons. The van der Waals surface area contributed by atoms with Crippen LogP contribution >= 0.6 is 27.5 Å². The van der Waals surface area contributed by atoms with Gasteiger partial charge in [-0.1, -0.05) is 25.4 Å². The van der Waals surface area contributed by atoms with E-state index in [9.17, 15) is 4.79 Å². The molecule has 0 saturated heterocycles. The second-order valence-electron chi connectivity index (χ2n) is 4.31. The molecule has 0 aliphatic carbocycles. The third-order valence-electron chi connectivity index (χ3n) is 2.88. The fourth-order valence-corrected chi connectivity index (χ4v) is 2.70. The molecule has 3 nitrogen and oxygen atoms in total. The first kappa shape index (κ1) is 16.5. The number of likely N-dealkylation sites (N-methyl/N-ethyl adjacent to an activating group) is 1. The minimum absolute atomic E-state index is 0.0731. The van der Waals surface area contributed by atoms with Crippen LogP contribution in [0.2, 0.25) is 5.02 Å². The van der Waals surface area contributed by atoms with Crippen LogP contribution < -0.4 is 5.32 Å². The highest BCUT2D eigenvalue weighted by molar-refractivity contribution is 9.10. The van der Waals surface area contributed by atoms with Crippen LogP contribution in [0.4, 0.5) is 0 Å². The van der Waals surface area contributed by atoms with E-state index >= 15 is 0 Å². The van der Waals surface area contributed by atoms with Gasteiger partial charge in [0.05, 0.1) is 5.56 Å². The van der Waals surface area contributed by atoms with Crippen LogP contribution in [0.5, 0.6) is 0 Å². The van der Waals surface area contributed by atoms with E-state index in [4.69, 9.17) is 11.6 Å². The van der Waals surface area contributed by atoms with Crippen molar-refractivity contribution >= 4 is 33.4 Å². The smallest absolute Gasteiger partial charge is 0.252 e. The summed E-state index contributed by atoms with van der Waals surface area (Å²) in [5.41, 5.74) is 0.614. The van der Waals surface area contributed by atoms with Crippen molar-refractivity contribution in [3.63, 3.8) is 0 Å². The topological polar surface area (TPSA) is 32.3 Å². The number of nitrogens with one attached hydrogen (secondary N) is 1. The number of rotatable bonds is 7. The van der Waals surface area contributed by atoms with E-state index in [-0.39, 0.29) is 5.91 Å². The average molecular weight is 348 g/mol. The molecule has 0 aliphatic rings. The summed E-state index contributed by atoms with van der Waals surface area (Å²) in [6, 6.07) is 5.17. The van der Waals surface area contributed by atoms with E-state index in [0.717, 1.165) is 30.5 Å². The summed E-state index contributed by atoms with van der Waals surface area (Å²) in [6.45, 7) is 7.90. The van der Waals surface area contributed by atoms with Crippen molar-refractivity contribution in [3.05, 3.63) is 33.3 Å². The lowest BCUT2D eigenvalue weighted by atomic mass is 10.2. The molecule has 0 unspecified atom stereocenters. The van der Waals surface area contributed by atoms with E-state index in [1.807, 2.05) is 0 Å². The van der Waals surface area contributed by atoms with Gasteiger partial charge in [-0.15, -0.1) is 0 Å². The van der Waals surface area contributed by atoms with Crippen LogP contribution in [0.3, 0.4) is 0 Å². The van der Waals surface area contributed by atoms with Crippen molar-refractivity contribution < 1.29 is 4.79 Å². The van der Waals surface area contributed by atoms with Gasteiger partial charge < -0.3 is 10.2 Å². The highest BCUT2D eigenvalue weighted by Crippen LogP contribution is 2.21. The maximum atomic E-state index is 12.0. The highest BCUT2D eigenvalue weighted by Gasteiger charge is 2.10. The van der Waals surface area contributed by atoms with Crippen LogP contribution in [0.25, 0.3) is 0 Å². The fourth-order valence-electron chi connectivity index (χ4n) is 1.84. The Balaban J connectivity index is 2.47. The van der Waals surface area contributed by atoms with Crippen LogP contribution in [0.1, 0.15) is 30.6 Å². The Morgan fingerprint density at radius 3 is 2.68 bits per heavy atom. The summed E-state index contributed by atoms with van der Waals surface area (Å²) in [5.74, 6) is -0.0731. The quantitative estimate of drug-likeness (QED) is 0.818. The number of hydrogen-bond donors (Lipinski definition) is 1. The highest BCUT2D eigenvalue weighted by atomic mass is 79.9. The minimum Gasteiger partial charge on any atom is -0.351 e. The maximum Gasteiger partial charge on any atom is 0.252 e. The minimum atomic E-state index is -0.0731. The van der Waals surface area contributed by atoms with Crippen LogP contribution in [-0.2, 0) is 0 Å². The molecule has 0 aliphatic heterocycles. The summed E-state index contributed by atoms with van der Waals surface area (Å²) < 4.78 is 0.721. The molecule has 0 bridgehead atoms. The number of benzene rings is 1. The van der Waals surface area contributed by atoms with Gasteiger partial charge in [-0.05, 0) is 53.6 Å². The van der Waals surface area contributed by atoms with Gasteiger partial charge in [-0.2, -0.15) is 0 Å². The van der Waals surface area contributed by atoms with Gasteiger partial charge >= 0.3 is 0 Å². The van der Waals surface area contributed by atoms with Gasteiger partial charge in [0.1, 0.15) is 0 Å². The molecular formula is C14H20BrClN2O. The Bertz CT molecular complexity index is 426. The van der Waals surface area contributed by atoms with Crippen LogP contribution in [-0.4, -0.2) is 37.0 Å². The van der Waals surface area contributed by atoms with Crippen molar-refractivity contribution in [1.82, 2.24) is 10.2 Å². The van der Waals surface area contributed by atoms with Gasteiger partial charge in [0, 0.05) is 22.6 Å². The van der Waals surface area contributed by atoms with Crippen molar-refractivity contribution in [1.29, 1.82) is 0 Å². The monoisotopic (exact) mass is 346 g/mol. The van der Waals surface area contributed by atoms with Gasteiger partial charge in [0.15, 0.2) is 0 Å². The number of amides is 1. The van der Waals surface area contributed by atoms with E-state index in [1.165, 1.54) is 0 Å². The largest absolute Gasteiger partial charge is 0.351 e. The Morgan fingerprint density at radius 2 is 2.11 bits per heavy atom. The molecule has 1 aromatic carbocycles. The van der Waals surface area contributed by atoms with Gasteiger partial charge in [-0.25, -0.2) is 0 Å². The summed E-state index contributed by atoms with van der Waals surface area (Å²) in [7, 11) is 0. The van der Waals surface area contributed by atoms with Crippen molar-refractivity contribution in [2.75, 3.05) is 26.2 Å². The van der Waals surface area contributed by atoms with Gasteiger partial charge in [0.25, 0.3) is 5.91 Å². The molecule has 1 amide bonds. The average Bonchev–Trinajstić information content (AvgIpc) is 2.37. The molecule has 1 aromatic rings. The zero-order valence-electron chi connectivity index (χ0n) is 11.4. The van der Waals surface area contributed by atoms with Crippen LogP contribution in [0.15, 0.2) is 22.7 Å². The first-order chi connectivity index (χ1) is 9.08. The number of carbonyl (C=O) groups excluding carboxylic acids is 1. The third-order valence-corrected chi connectivity index (χ3v) is 3.77. The molecule has 0 heterocycles. The van der Waals surface area contributed by atoms with E-state index in [1.54, 1.807) is 18.2 Å². The summed E-state index contributed by atoms with van der Waals surface area (Å²) in [6.07, 6.45) is 1.13. The summed E-state index contributed by atoms with van der Waals surface area (Å²) >= 11 is 9.20. The van der Waals surface area contributed by atoms with Gasteiger partial charge in [0.2, 0.25) is 0 Å². The SMILES string of the molecule is CCCN(CC)CCNC(=O)c1ccc(Cl)cc1Br. The first-order valence-corrected chi connectivity index (χ1v) is 7.71. The number of hydrogen-bond acceptors (Lipinski definition) is 2. The van der Waals surface area contributed by atoms with Crippen molar-refractivity contribution in [2.45, 2.75) is 20.3 Å². The molecule has 0 aromatic heterocycles. The normalized spacial score (nSPS) is 10.8. The second-order valence-corrected chi connectivity index (χ2v) is 5.61. The zero-order chi connectivity index (χ0) is 14.3. The number of nitrogens with zero attached hydrogens (tertiary/aromatic N) is 1. The summed E-state index contributed by atoms with van der Waals surface area (Å²) in [4.78, 5) is 14.3. The standard InChI is InChI=1S/C14H20BrClN2O/c1-3-8-18(4-2)9-7-17-14(19)12-6-5-11(16)10-13(12)15/h5-6,10H,3-4,7-9H2,1-2H3,(H,17,19). The van der Waals surface area contributed by atoms with E-state index < -0.39 is 0 Å². The molecule has 1 rings (SSSR count). The Hall–Kier alpha value is -0.580. The fraction of sp³-hybridized carbons (Fsp3) is 0.500. The lowest BCUT2D eigenvalue weighted by Crippen LogP contribution is -2.35. The predicted molar refractivity (Wildman–Crippen MR) is 83.9 cm³/mol. The Labute approximate surface area is 128 Å². The van der Waals surface area contributed by atoms with Gasteiger partial charge in [-0.3, -0.25) is 4.79 Å². The van der Waals surface area contributed by atoms with E-state index in [2.05, 4.69) is 40.0 Å². The lowest BCUT2D eigenvalue weighted by molar-refractivity contribution is 0.0948. The Morgan fingerprint density at radius 1 is 1.37 bits per heavy atom. The molecule has 0 saturated carbocycles. The lowest BCUT2D eigenvalue weighted by Gasteiger charge is -2.19. The Kier molecular flexibility index (Phi) is 7.42. The maximum absolute atomic E-state index is 12.0. The first-order valence-electron chi connectivity index (χ1n) is 6.54. The molecular weight excluding hydrogens is 328 g/mol. The van der Waals surface area contributed by atoms with Crippen molar-refractivity contribution in [3.8, 4) is 0 Å².